The Morgan fingerprint density at radius 2 is 2.11 bits per heavy atom. The van der Waals surface area contributed by atoms with Gasteiger partial charge in [-0.15, -0.1) is 0 Å². The van der Waals surface area contributed by atoms with Crippen molar-refractivity contribution in [3.05, 3.63) is 36.0 Å². The molecule has 0 saturated heterocycles. The Morgan fingerprint density at radius 3 is 2.83 bits per heavy atom. The van der Waals surface area contributed by atoms with Gasteiger partial charge in [0.15, 0.2) is 0 Å². The number of benzene rings is 1. The van der Waals surface area contributed by atoms with Crippen LogP contribution in [0.2, 0.25) is 0 Å². The molecule has 1 heterocycles. The maximum Gasteiger partial charge on any atom is 0.267 e. The number of carbonyl (C=O) groups is 1. The third kappa shape index (κ3) is 3.11. The van der Waals surface area contributed by atoms with Gasteiger partial charge in [0.1, 0.15) is 5.69 Å². The van der Waals surface area contributed by atoms with E-state index in [1.165, 1.54) is 4.90 Å². The van der Waals surface area contributed by atoms with E-state index < -0.39 is 0 Å². The van der Waals surface area contributed by atoms with E-state index in [0.29, 0.717) is 5.69 Å². The minimum Gasteiger partial charge on any atom is -0.351 e. The van der Waals surface area contributed by atoms with Crippen LogP contribution in [0.5, 0.6) is 0 Å². The fraction of sp³-hybridized carbons (Fsp3) is 0.357. The highest BCUT2D eigenvalue weighted by Crippen LogP contribution is 2.14. The predicted molar refractivity (Wildman–Crippen MR) is 72.9 cm³/mol. The van der Waals surface area contributed by atoms with E-state index in [1.54, 1.807) is 0 Å². The van der Waals surface area contributed by atoms with E-state index in [-0.39, 0.29) is 5.91 Å². The molecule has 1 aromatic carbocycles. The molecule has 1 aromatic heterocycles. The van der Waals surface area contributed by atoms with Crippen molar-refractivity contribution in [2.24, 2.45) is 0 Å². The molecule has 2 rings (SSSR count). The standard InChI is InChI=1S/C14H19N3O/c1-17(2)9-5-8-15-14(18)13-10-11-6-3-4-7-12(11)16-13/h3-4,6-7,10,16H,5,8-9H2,1-2H3,(H,15,18)/p+1. The molecule has 0 aliphatic rings. The monoisotopic (exact) mass is 246 g/mol. The molecule has 0 radical (unpaired) electrons. The van der Waals surface area contributed by atoms with Crippen LogP contribution in [-0.2, 0) is 0 Å². The summed E-state index contributed by atoms with van der Waals surface area (Å²) in [7, 11) is 4.22. The molecule has 96 valence electrons. The van der Waals surface area contributed by atoms with Crippen LogP contribution in [0, 0.1) is 0 Å². The van der Waals surface area contributed by atoms with E-state index in [1.807, 2.05) is 30.3 Å². The van der Waals surface area contributed by atoms with Crippen molar-refractivity contribution in [2.75, 3.05) is 27.2 Å². The van der Waals surface area contributed by atoms with Crippen molar-refractivity contribution < 1.29 is 9.69 Å². The van der Waals surface area contributed by atoms with Crippen molar-refractivity contribution in [1.82, 2.24) is 10.3 Å². The average molecular weight is 246 g/mol. The van der Waals surface area contributed by atoms with Crippen molar-refractivity contribution in [2.45, 2.75) is 6.42 Å². The number of quaternary nitrogens is 1. The molecular formula is C14H20N3O+. The second-order valence-corrected chi connectivity index (χ2v) is 4.84. The minimum atomic E-state index is -0.0278. The molecule has 4 heteroatoms. The Hall–Kier alpha value is -1.81. The predicted octanol–water partition coefficient (Wildman–Crippen LogP) is 0.432. The summed E-state index contributed by atoms with van der Waals surface area (Å²) in [6, 6.07) is 9.79. The van der Waals surface area contributed by atoms with Crippen LogP contribution in [0.3, 0.4) is 0 Å². The lowest BCUT2D eigenvalue weighted by atomic mass is 10.2. The summed E-state index contributed by atoms with van der Waals surface area (Å²) >= 11 is 0. The summed E-state index contributed by atoms with van der Waals surface area (Å²) in [6.07, 6.45) is 0.994. The Kier molecular flexibility index (Phi) is 3.99. The van der Waals surface area contributed by atoms with Crippen molar-refractivity contribution >= 4 is 16.8 Å². The number of hydrogen-bond acceptors (Lipinski definition) is 1. The molecule has 0 aliphatic carbocycles. The third-order valence-corrected chi connectivity index (χ3v) is 2.91. The third-order valence-electron chi connectivity index (χ3n) is 2.91. The molecule has 0 aliphatic heterocycles. The molecule has 1 amide bonds. The van der Waals surface area contributed by atoms with Gasteiger partial charge in [0.2, 0.25) is 0 Å². The zero-order valence-electron chi connectivity index (χ0n) is 10.9. The molecule has 0 atom stereocenters. The molecule has 4 nitrogen and oxygen atoms in total. The number of para-hydroxylation sites is 1. The Balaban J connectivity index is 1.92. The number of nitrogens with one attached hydrogen (secondary N) is 3. The van der Waals surface area contributed by atoms with Crippen LogP contribution < -0.4 is 10.2 Å². The van der Waals surface area contributed by atoms with Crippen LogP contribution in [0.15, 0.2) is 30.3 Å². The Morgan fingerprint density at radius 1 is 1.33 bits per heavy atom. The number of hydrogen-bond donors (Lipinski definition) is 3. The molecule has 0 spiro atoms. The lowest BCUT2D eigenvalue weighted by molar-refractivity contribution is -0.858. The highest BCUT2D eigenvalue weighted by atomic mass is 16.1. The lowest BCUT2D eigenvalue weighted by Gasteiger charge is -2.07. The van der Waals surface area contributed by atoms with E-state index in [4.69, 9.17) is 0 Å². The maximum absolute atomic E-state index is 11.9. The largest absolute Gasteiger partial charge is 0.351 e. The number of fused-ring (bicyclic) bond motifs is 1. The summed E-state index contributed by atoms with van der Waals surface area (Å²) in [5.41, 5.74) is 1.63. The number of amides is 1. The average Bonchev–Trinajstić information content (AvgIpc) is 2.78. The molecular weight excluding hydrogens is 226 g/mol. The van der Waals surface area contributed by atoms with Gasteiger partial charge >= 0.3 is 0 Å². The van der Waals surface area contributed by atoms with E-state index in [2.05, 4.69) is 24.4 Å². The number of aromatic amines is 1. The minimum absolute atomic E-state index is 0.0278. The molecule has 3 N–H and O–H groups in total. The van der Waals surface area contributed by atoms with Gasteiger partial charge in [-0.05, 0) is 12.1 Å². The quantitative estimate of drug-likeness (QED) is 0.659. The van der Waals surface area contributed by atoms with Crippen LogP contribution in [-0.4, -0.2) is 38.1 Å². The maximum atomic E-state index is 11.9. The number of carbonyl (C=O) groups excluding carboxylic acids is 1. The molecule has 0 bridgehead atoms. The first-order valence-electron chi connectivity index (χ1n) is 6.32. The van der Waals surface area contributed by atoms with Gasteiger partial charge in [0, 0.05) is 23.9 Å². The van der Waals surface area contributed by atoms with Crippen molar-refractivity contribution in [1.29, 1.82) is 0 Å². The summed E-state index contributed by atoms with van der Waals surface area (Å²) in [5.74, 6) is -0.0278. The molecule has 0 unspecified atom stereocenters. The van der Waals surface area contributed by atoms with Crippen LogP contribution in [0.25, 0.3) is 10.9 Å². The van der Waals surface area contributed by atoms with Gasteiger partial charge < -0.3 is 15.2 Å². The number of rotatable bonds is 5. The Bertz CT molecular complexity index is 498. The summed E-state index contributed by atoms with van der Waals surface area (Å²) in [5, 5.41) is 4.00. The fourth-order valence-corrected chi connectivity index (χ4v) is 1.93. The second-order valence-electron chi connectivity index (χ2n) is 4.84. The van der Waals surface area contributed by atoms with Gasteiger partial charge in [0.05, 0.1) is 20.6 Å². The van der Waals surface area contributed by atoms with Crippen LogP contribution in [0.4, 0.5) is 0 Å². The molecule has 18 heavy (non-hydrogen) atoms. The van der Waals surface area contributed by atoms with Gasteiger partial charge in [0.25, 0.3) is 5.91 Å². The number of H-pyrrole nitrogens is 1. The smallest absolute Gasteiger partial charge is 0.267 e. The van der Waals surface area contributed by atoms with E-state index in [9.17, 15) is 4.79 Å². The van der Waals surface area contributed by atoms with Gasteiger partial charge in [-0.25, -0.2) is 0 Å². The van der Waals surface area contributed by atoms with E-state index >= 15 is 0 Å². The molecule has 0 saturated carbocycles. The number of aromatic nitrogens is 1. The van der Waals surface area contributed by atoms with Gasteiger partial charge in [-0.1, -0.05) is 18.2 Å². The summed E-state index contributed by atoms with van der Waals surface area (Å²) < 4.78 is 0. The van der Waals surface area contributed by atoms with Crippen molar-refractivity contribution in [3.63, 3.8) is 0 Å². The zero-order chi connectivity index (χ0) is 13.0. The SMILES string of the molecule is C[NH+](C)CCCNC(=O)c1cc2ccccc2[nH]1. The first kappa shape index (κ1) is 12.6. The van der Waals surface area contributed by atoms with E-state index in [0.717, 1.165) is 30.4 Å². The van der Waals surface area contributed by atoms with Gasteiger partial charge in [-0.3, -0.25) is 4.79 Å². The zero-order valence-corrected chi connectivity index (χ0v) is 10.9. The Labute approximate surface area is 107 Å². The summed E-state index contributed by atoms with van der Waals surface area (Å²) in [4.78, 5) is 16.4. The highest BCUT2D eigenvalue weighted by molar-refractivity contribution is 5.97. The van der Waals surface area contributed by atoms with Crippen molar-refractivity contribution in [3.8, 4) is 0 Å². The highest BCUT2D eigenvalue weighted by Gasteiger charge is 2.08. The first-order chi connectivity index (χ1) is 8.66. The van der Waals surface area contributed by atoms with Crippen LogP contribution >= 0.6 is 0 Å². The normalized spacial score (nSPS) is 11.1. The fourth-order valence-electron chi connectivity index (χ4n) is 1.93. The van der Waals surface area contributed by atoms with Crippen LogP contribution in [0.1, 0.15) is 16.9 Å². The van der Waals surface area contributed by atoms with Gasteiger partial charge in [-0.2, -0.15) is 0 Å². The lowest BCUT2D eigenvalue weighted by Crippen LogP contribution is -3.05. The summed E-state index contributed by atoms with van der Waals surface area (Å²) in [6.45, 7) is 1.78. The first-order valence-corrected chi connectivity index (χ1v) is 6.32. The topological polar surface area (TPSA) is 49.3 Å². The molecule has 2 aromatic rings. The second kappa shape index (κ2) is 5.69. The molecule has 0 fully saturated rings.